The quantitative estimate of drug-likeness (QED) is 0.621. The number of alkyl carbamates (subject to hydrolysis) is 1. The molecule has 5 saturated carbocycles. The minimum Gasteiger partial charge on any atom is -0.444 e. The van der Waals surface area contributed by atoms with Crippen LogP contribution in [0, 0.1) is 45.3 Å². The molecule has 0 bridgehead atoms. The summed E-state index contributed by atoms with van der Waals surface area (Å²) in [6.07, 6.45) is 13.9. The summed E-state index contributed by atoms with van der Waals surface area (Å²) in [5.41, 5.74) is 1.78. The normalized spacial score (nSPS) is 53.9. The largest absolute Gasteiger partial charge is 0.444 e. The minimum absolute atomic E-state index is 0.0563. The molecular formula is C28H44N2O3. The van der Waals surface area contributed by atoms with Gasteiger partial charge in [-0.15, -0.1) is 0 Å². The summed E-state index contributed by atoms with van der Waals surface area (Å²) < 4.78 is 12.0. The average Bonchev–Trinajstić information content (AvgIpc) is 3.33. The van der Waals surface area contributed by atoms with E-state index in [0.717, 1.165) is 49.8 Å². The smallest absolute Gasteiger partial charge is 0.407 e. The molecule has 5 aliphatic carbocycles. The van der Waals surface area contributed by atoms with E-state index in [1.807, 2.05) is 0 Å². The van der Waals surface area contributed by atoms with Crippen LogP contribution in [0.2, 0.25) is 0 Å². The lowest BCUT2D eigenvalue weighted by Crippen LogP contribution is -2.59. The van der Waals surface area contributed by atoms with Gasteiger partial charge >= 0.3 is 6.09 Å². The van der Waals surface area contributed by atoms with Crippen LogP contribution in [0.15, 0.2) is 0 Å². The van der Waals surface area contributed by atoms with Gasteiger partial charge in [-0.25, -0.2) is 4.79 Å². The van der Waals surface area contributed by atoms with Crippen LogP contribution in [-0.4, -0.2) is 44.0 Å². The maximum atomic E-state index is 12.6. The van der Waals surface area contributed by atoms with Crippen LogP contribution in [0.3, 0.4) is 0 Å². The number of amides is 1. The summed E-state index contributed by atoms with van der Waals surface area (Å²) in [7, 11) is 0. The van der Waals surface area contributed by atoms with Crippen LogP contribution in [0.5, 0.6) is 0 Å². The first kappa shape index (κ1) is 21.5. The molecule has 1 amide bonds. The molecule has 7 rings (SSSR count). The minimum atomic E-state index is -0.197. The van der Waals surface area contributed by atoms with E-state index in [9.17, 15) is 4.79 Å². The third kappa shape index (κ3) is 2.70. The molecule has 7 aliphatic rings. The Labute approximate surface area is 199 Å². The fraction of sp³-hybridized carbons (Fsp3) is 0.964. The van der Waals surface area contributed by atoms with Gasteiger partial charge in [0.1, 0.15) is 6.10 Å². The van der Waals surface area contributed by atoms with Gasteiger partial charge in [-0.3, -0.25) is 0 Å². The van der Waals surface area contributed by atoms with E-state index in [1.54, 1.807) is 0 Å². The number of carbonyl (C=O) groups is 1. The number of rotatable bonds is 2. The zero-order valence-corrected chi connectivity index (χ0v) is 21.0. The highest BCUT2D eigenvalue weighted by Crippen LogP contribution is 2.87. The highest BCUT2D eigenvalue weighted by atomic mass is 16.6. The van der Waals surface area contributed by atoms with Crippen molar-refractivity contribution in [1.82, 2.24) is 10.6 Å². The van der Waals surface area contributed by atoms with E-state index in [2.05, 4.69) is 31.4 Å². The van der Waals surface area contributed by atoms with Gasteiger partial charge in [0.25, 0.3) is 0 Å². The molecule has 2 aliphatic heterocycles. The number of hydrogen-bond donors (Lipinski definition) is 2. The summed E-state index contributed by atoms with van der Waals surface area (Å²) in [4.78, 5) is 12.6. The topological polar surface area (TPSA) is 59.6 Å². The van der Waals surface area contributed by atoms with Crippen molar-refractivity contribution in [2.75, 3.05) is 19.7 Å². The highest BCUT2D eigenvalue weighted by molar-refractivity contribution is 5.68. The van der Waals surface area contributed by atoms with Crippen LogP contribution < -0.4 is 10.6 Å². The van der Waals surface area contributed by atoms with E-state index in [0.29, 0.717) is 22.3 Å². The van der Waals surface area contributed by atoms with Crippen molar-refractivity contribution < 1.29 is 14.3 Å². The summed E-state index contributed by atoms with van der Waals surface area (Å²) in [5, 5.41) is 6.50. The molecule has 0 aromatic carbocycles. The van der Waals surface area contributed by atoms with Gasteiger partial charge in [0.05, 0.1) is 6.10 Å². The van der Waals surface area contributed by atoms with Crippen molar-refractivity contribution in [3.05, 3.63) is 0 Å². The van der Waals surface area contributed by atoms with Gasteiger partial charge in [-0.05, 0) is 110 Å². The van der Waals surface area contributed by atoms with Gasteiger partial charge in [-0.2, -0.15) is 0 Å². The second-order valence-electron chi connectivity index (χ2n) is 14.0. The number of carbonyl (C=O) groups excluding carboxylic acids is 1. The van der Waals surface area contributed by atoms with Gasteiger partial charge < -0.3 is 20.1 Å². The molecule has 33 heavy (non-hydrogen) atoms. The maximum absolute atomic E-state index is 12.6. The molecule has 5 nitrogen and oxygen atoms in total. The molecule has 2 heterocycles. The summed E-state index contributed by atoms with van der Waals surface area (Å²) in [6, 6.07) is 0.236. The number of hydrogen-bond acceptors (Lipinski definition) is 4. The Morgan fingerprint density at radius 1 is 0.970 bits per heavy atom. The second kappa shape index (κ2) is 6.90. The zero-order valence-electron chi connectivity index (χ0n) is 21.0. The fourth-order valence-electron chi connectivity index (χ4n) is 11.1. The molecule has 5 heteroatoms. The Bertz CT molecular complexity index is 841. The number of nitrogens with one attached hydrogen (secondary N) is 2. The van der Waals surface area contributed by atoms with Crippen molar-refractivity contribution in [3.63, 3.8) is 0 Å². The van der Waals surface area contributed by atoms with Gasteiger partial charge in [0.15, 0.2) is 0 Å². The highest BCUT2D eigenvalue weighted by Gasteiger charge is 2.80. The molecule has 0 radical (unpaired) electrons. The Balaban J connectivity index is 1.11. The van der Waals surface area contributed by atoms with E-state index >= 15 is 0 Å². The monoisotopic (exact) mass is 456 g/mol. The fourth-order valence-corrected chi connectivity index (χ4v) is 11.1. The molecule has 2 N–H and O–H groups in total. The summed E-state index contributed by atoms with van der Waals surface area (Å²) in [6.45, 7) is 10.1. The Morgan fingerprint density at radius 2 is 1.82 bits per heavy atom. The van der Waals surface area contributed by atoms with Crippen LogP contribution in [0.1, 0.15) is 85.0 Å². The maximum Gasteiger partial charge on any atom is 0.407 e. The third-order valence-corrected chi connectivity index (χ3v) is 12.8. The van der Waals surface area contributed by atoms with Crippen LogP contribution in [0.25, 0.3) is 0 Å². The number of fused-ring (bicyclic) bond motifs is 4. The lowest BCUT2D eigenvalue weighted by atomic mass is 9.46. The molecule has 9 atom stereocenters. The van der Waals surface area contributed by atoms with E-state index in [1.165, 1.54) is 57.8 Å². The number of ether oxygens (including phenoxy) is 2. The SMILES string of the molecule is CC1(C)C2CC[C@H]3C4C[C@H]5OCCCC5[C@@]4(C)CCC34C[C@]24CC[C@@H]1NC(=O)OC1CNC1. The molecule has 7 fully saturated rings. The molecular weight excluding hydrogens is 412 g/mol. The van der Waals surface area contributed by atoms with Gasteiger partial charge in [-0.1, -0.05) is 20.8 Å². The lowest BCUT2D eigenvalue weighted by molar-refractivity contribution is -0.105. The second-order valence-corrected chi connectivity index (χ2v) is 14.0. The molecule has 2 saturated heterocycles. The van der Waals surface area contributed by atoms with Gasteiger partial charge in [0, 0.05) is 25.7 Å². The molecule has 184 valence electrons. The lowest BCUT2D eigenvalue weighted by Gasteiger charge is -2.59. The van der Waals surface area contributed by atoms with E-state index in [4.69, 9.17) is 9.47 Å². The van der Waals surface area contributed by atoms with E-state index < -0.39 is 0 Å². The molecule has 4 unspecified atom stereocenters. The van der Waals surface area contributed by atoms with Crippen molar-refractivity contribution >= 4 is 6.09 Å². The van der Waals surface area contributed by atoms with E-state index in [-0.39, 0.29) is 23.7 Å². The zero-order chi connectivity index (χ0) is 22.6. The standard InChI is InChI=1S/C28H44N2O3/c1-25(2)22-7-6-18-20-13-21-19(5-4-12-32-21)26(20,3)10-11-27(18)16-28(22,27)9-8-23(25)30-24(31)33-17-14-29-15-17/h17-23,29H,4-16H2,1-3H3,(H,30,31)/t18-,19?,20?,21+,22?,23-,26+,27?,28+/m0/s1. The first-order valence-electron chi connectivity index (χ1n) is 14.1. The van der Waals surface area contributed by atoms with Gasteiger partial charge in [0.2, 0.25) is 0 Å². The van der Waals surface area contributed by atoms with Crippen molar-refractivity contribution in [1.29, 1.82) is 0 Å². The Hall–Kier alpha value is -0.810. The summed E-state index contributed by atoms with van der Waals surface area (Å²) in [5.74, 6) is 3.34. The van der Waals surface area contributed by atoms with Crippen molar-refractivity contribution in [2.45, 2.75) is 103 Å². The predicted molar refractivity (Wildman–Crippen MR) is 127 cm³/mol. The predicted octanol–water partition coefficient (Wildman–Crippen LogP) is 4.89. The first-order chi connectivity index (χ1) is 15.8. The average molecular weight is 457 g/mol. The third-order valence-electron chi connectivity index (χ3n) is 12.8. The van der Waals surface area contributed by atoms with Crippen LogP contribution in [-0.2, 0) is 9.47 Å². The molecule has 2 spiro atoms. The first-order valence-corrected chi connectivity index (χ1v) is 14.1. The summed E-state index contributed by atoms with van der Waals surface area (Å²) >= 11 is 0. The van der Waals surface area contributed by atoms with Crippen molar-refractivity contribution in [3.8, 4) is 0 Å². The van der Waals surface area contributed by atoms with Crippen molar-refractivity contribution in [2.24, 2.45) is 45.3 Å². The molecule has 0 aromatic heterocycles. The van der Waals surface area contributed by atoms with Crippen LogP contribution in [0.4, 0.5) is 4.79 Å². The molecule has 0 aromatic rings. The Kier molecular flexibility index (Phi) is 4.49. The Morgan fingerprint density at radius 3 is 2.61 bits per heavy atom. The van der Waals surface area contributed by atoms with Crippen LogP contribution >= 0.6 is 0 Å².